The number of oxime groups is 1. The van der Waals surface area contributed by atoms with Gasteiger partial charge >= 0.3 is 5.97 Å². The quantitative estimate of drug-likeness (QED) is 0.141. The first-order valence-electron chi connectivity index (χ1n) is 8.16. The average Bonchev–Trinajstić information content (AvgIpc) is 2.69. The fourth-order valence-electron chi connectivity index (χ4n) is 2.21. The predicted octanol–water partition coefficient (Wildman–Crippen LogP) is 4.65. The number of nitrogens with zero attached hydrogens (tertiary/aromatic N) is 3. The number of rotatable bonds is 6. The van der Waals surface area contributed by atoms with Crippen LogP contribution in [0.5, 0.6) is 5.75 Å². The van der Waals surface area contributed by atoms with E-state index in [0.29, 0.717) is 22.7 Å². The van der Waals surface area contributed by atoms with Crippen LogP contribution in [0.25, 0.3) is 5.57 Å². The number of amidine groups is 1. The van der Waals surface area contributed by atoms with Gasteiger partial charge in [-0.15, -0.1) is 10.2 Å². The molecule has 0 bridgehead atoms. The van der Waals surface area contributed by atoms with E-state index >= 15 is 0 Å². The predicted molar refractivity (Wildman–Crippen MR) is 103 cm³/mol. The zero-order valence-corrected chi connectivity index (χ0v) is 15.7. The smallest absolute Gasteiger partial charge is 0.341 e. The standard InChI is InChI=1S/C20H21N3O4/c1-14-12-17(10-11-18(14)19(13-25-3)20(24)26-4)27-23-15(2)21-22-16-8-6-5-7-9-16/h5-13H,1-4H3. The number of aryl methyl sites for hydroxylation is 1. The fraction of sp³-hybridized carbons (Fsp3) is 0.200. The van der Waals surface area contributed by atoms with Crippen LogP contribution < -0.4 is 4.84 Å². The Hall–Kier alpha value is -3.48. The van der Waals surface area contributed by atoms with E-state index in [2.05, 4.69) is 15.4 Å². The highest BCUT2D eigenvalue weighted by Gasteiger charge is 2.15. The third-order valence-electron chi connectivity index (χ3n) is 3.48. The largest absolute Gasteiger partial charge is 0.503 e. The second-order valence-electron chi connectivity index (χ2n) is 5.50. The first kappa shape index (κ1) is 19.8. The van der Waals surface area contributed by atoms with Gasteiger partial charge in [-0.2, -0.15) is 0 Å². The molecule has 0 aliphatic heterocycles. The van der Waals surface area contributed by atoms with Crippen molar-refractivity contribution in [2.24, 2.45) is 15.4 Å². The van der Waals surface area contributed by atoms with Gasteiger partial charge in [-0.05, 0) is 48.4 Å². The van der Waals surface area contributed by atoms with Gasteiger partial charge in [0, 0.05) is 6.92 Å². The Kier molecular flexibility index (Phi) is 7.25. The number of carbonyl (C=O) groups excluding carboxylic acids is 1. The van der Waals surface area contributed by atoms with Crippen LogP contribution in [-0.2, 0) is 14.3 Å². The number of ether oxygens (including phenoxy) is 2. The highest BCUT2D eigenvalue weighted by Crippen LogP contribution is 2.25. The number of azo groups is 1. The molecule has 0 heterocycles. The van der Waals surface area contributed by atoms with Crippen molar-refractivity contribution < 1.29 is 19.1 Å². The zero-order valence-electron chi connectivity index (χ0n) is 15.7. The van der Waals surface area contributed by atoms with Crippen molar-refractivity contribution in [1.82, 2.24) is 0 Å². The van der Waals surface area contributed by atoms with Gasteiger partial charge < -0.3 is 14.3 Å². The van der Waals surface area contributed by atoms with Crippen LogP contribution in [0.1, 0.15) is 18.1 Å². The summed E-state index contributed by atoms with van der Waals surface area (Å²) >= 11 is 0. The molecule has 140 valence electrons. The Morgan fingerprint density at radius 1 is 1.07 bits per heavy atom. The van der Waals surface area contributed by atoms with Gasteiger partial charge in [-0.1, -0.05) is 23.4 Å². The number of benzene rings is 2. The monoisotopic (exact) mass is 367 g/mol. The van der Waals surface area contributed by atoms with Crippen molar-refractivity contribution in [3.8, 4) is 5.75 Å². The molecule has 2 aromatic carbocycles. The molecule has 2 aromatic rings. The number of methoxy groups -OCH3 is 2. The number of carbonyl (C=O) groups is 1. The molecular formula is C20H21N3O4. The van der Waals surface area contributed by atoms with Gasteiger partial charge in [-0.3, -0.25) is 0 Å². The van der Waals surface area contributed by atoms with Gasteiger partial charge in [0.25, 0.3) is 0 Å². The van der Waals surface area contributed by atoms with E-state index in [4.69, 9.17) is 14.3 Å². The molecule has 0 radical (unpaired) electrons. The van der Waals surface area contributed by atoms with Gasteiger partial charge in [0.15, 0.2) is 11.6 Å². The molecule has 0 atom stereocenters. The lowest BCUT2D eigenvalue weighted by atomic mass is 10.0. The Morgan fingerprint density at radius 3 is 2.44 bits per heavy atom. The Bertz CT molecular complexity index is 874. The SMILES string of the molecule is COC=C(C(=O)OC)c1ccc(ON=C(C)N=Nc2ccccc2)cc1C. The van der Waals surface area contributed by atoms with Crippen LogP contribution in [0.2, 0.25) is 0 Å². The van der Waals surface area contributed by atoms with Crippen LogP contribution in [0.3, 0.4) is 0 Å². The lowest BCUT2D eigenvalue weighted by Gasteiger charge is -2.10. The molecular weight excluding hydrogens is 346 g/mol. The van der Waals surface area contributed by atoms with Crippen LogP contribution in [0.15, 0.2) is 70.2 Å². The minimum atomic E-state index is -0.483. The van der Waals surface area contributed by atoms with Gasteiger partial charge in [0.1, 0.15) is 5.57 Å². The van der Waals surface area contributed by atoms with Gasteiger partial charge in [-0.25, -0.2) is 4.79 Å². The molecule has 0 aromatic heterocycles. The van der Waals surface area contributed by atoms with Gasteiger partial charge in [0.05, 0.1) is 26.2 Å². The number of esters is 1. The molecule has 0 aliphatic rings. The second kappa shape index (κ2) is 9.86. The third-order valence-corrected chi connectivity index (χ3v) is 3.48. The molecule has 0 unspecified atom stereocenters. The minimum absolute atomic E-state index is 0.320. The van der Waals surface area contributed by atoms with E-state index in [1.54, 1.807) is 25.1 Å². The first-order chi connectivity index (χ1) is 13.0. The summed E-state index contributed by atoms with van der Waals surface area (Å²) in [5.74, 6) is 0.395. The maximum atomic E-state index is 11.9. The molecule has 0 aliphatic carbocycles. The van der Waals surface area contributed by atoms with E-state index in [9.17, 15) is 4.79 Å². The molecule has 0 fully saturated rings. The zero-order chi connectivity index (χ0) is 19.6. The lowest BCUT2D eigenvalue weighted by Crippen LogP contribution is -2.06. The van der Waals surface area contributed by atoms with Crippen LogP contribution in [0.4, 0.5) is 5.69 Å². The van der Waals surface area contributed by atoms with E-state index in [1.165, 1.54) is 20.5 Å². The number of hydrogen-bond donors (Lipinski definition) is 0. The van der Waals surface area contributed by atoms with Gasteiger partial charge in [0.2, 0.25) is 0 Å². The molecule has 7 nitrogen and oxygen atoms in total. The lowest BCUT2D eigenvalue weighted by molar-refractivity contribution is -0.133. The summed E-state index contributed by atoms with van der Waals surface area (Å²) in [4.78, 5) is 17.3. The highest BCUT2D eigenvalue weighted by molar-refractivity contribution is 6.16. The Labute approximate surface area is 158 Å². The molecule has 27 heavy (non-hydrogen) atoms. The van der Waals surface area contributed by atoms with Crippen molar-refractivity contribution >= 4 is 23.1 Å². The summed E-state index contributed by atoms with van der Waals surface area (Å²) in [6.07, 6.45) is 1.35. The van der Waals surface area contributed by atoms with Crippen molar-refractivity contribution in [1.29, 1.82) is 0 Å². The summed E-state index contributed by atoms with van der Waals surface area (Å²) in [5.41, 5.74) is 2.54. The molecule has 0 saturated carbocycles. The highest BCUT2D eigenvalue weighted by atomic mass is 16.6. The summed E-state index contributed by atoms with van der Waals surface area (Å²) in [6.45, 7) is 3.53. The van der Waals surface area contributed by atoms with E-state index in [-0.39, 0.29) is 0 Å². The number of hydrogen-bond acceptors (Lipinski definition) is 6. The van der Waals surface area contributed by atoms with Crippen molar-refractivity contribution in [3.05, 3.63) is 65.9 Å². The van der Waals surface area contributed by atoms with Crippen LogP contribution in [0, 0.1) is 6.92 Å². The van der Waals surface area contributed by atoms with Crippen molar-refractivity contribution in [2.75, 3.05) is 14.2 Å². The Balaban J connectivity index is 2.12. The molecule has 2 rings (SSSR count). The fourth-order valence-corrected chi connectivity index (χ4v) is 2.21. The molecule has 0 spiro atoms. The summed E-state index contributed by atoms with van der Waals surface area (Å²) in [7, 11) is 2.79. The maximum absolute atomic E-state index is 11.9. The van der Waals surface area contributed by atoms with E-state index < -0.39 is 5.97 Å². The third kappa shape index (κ3) is 5.78. The van der Waals surface area contributed by atoms with E-state index in [0.717, 1.165) is 11.3 Å². The molecule has 7 heteroatoms. The van der Waals surface area contributed by atoms with Crippen LogP contribution in [-0.4, -0.2) is 26.0 Å². The van der Waals surface area contributed by atoms with Crippen LogP contribution >= 0.6 is 0 Å². The first-order valence-corrected chi connectivity index (χ1v) is 8.16. The molecule has 0 saturated heterocycles. The van der Waals surface area contributed by atoms with Crippen molar-refractivity contribution in [2.45, 2.75) is 13.8 Å². The average molecular weight is 367 g/mol. The van der Waals surface area contributed by atoms with Crippen molar-refractivity contribution in [3.63, 3.8) is 0 Å². The minimum Gasteiger partial charge on any atom is -0.503 e. The summed E-state index contributed by atoms with van der Waals surface area (Å²) in [6, 6.07) is 14.5. The summed E-state index contributed by atoms with van der Waals surface area (Å²) in [5, 5.41) is 12.0. The maximum Gasteiger partial charge on any atom is 0.341 e. The second-order valence-corrected chi connectivity index (χ2v) is 5.50. The topological polar surface area (TPSA) is 81.8 Å². The van der Waals surface area contributed by atoms with E-state index in [1.807, 2.05) is 37.3 Å². The molecule has 0 amide bonds. The molecule has 0 N–H and O–H groups in total. The normalized spacial score (nSPS) is 12.1. The summed E-state index contributed by atoms with van der Waals surface area (Å²) < 4.78 is 9.75. The Morgan fingerprint density at radius 2 is 1.81 bits per heavy atom.